The number of hydrogen-bond donors (Lipinski definition) is 1. The van der Waals surface area contributed by atoms with Crippen molar-refractivity contribution in [1.29, 1.82) is 0 Å². The number of hydrogen-bond acceptors (Lipinski definition) is 4. The predicted octanol–water partition coefficient (Wildman–Crippen LogP) is 4.70. The van der Waals surface area contributed by atoms with Gasteiger partial charge in [-0.25, -0.2) is 4.98 Å². The quantitative estimate of drug-likeness (QED) is 0.715. The summed E-state index contributed by atoms with van der Waals surface area (Å²) in [5.41, 5.74) is 2.38. The number of benzene rings is 1. The lowest BCUT2D eigenvalue weighted by atomic mass is 9.96. The molecule has 0 spiro atoms. The summed E-state index contributed by atoms with van der Waals surface area (Å²) in [4.78, 5) is 19.8. The second-order valence-corrected chi connectivity index (χ2v) is 8.34. The highest BCUT2D eigenvalue weighted by Crippen LogP contribution is 2.31. The van der Waals surface area contributed by atoms with Crippen LogP contribution in [0.1, 0.15) is 36.9 Å². The number of aromatic nitrogens is 1. The van der Waals surface area contributed by atoms with Crippen LogP contribution in [0.15, 0.2) is 48.0 Å². The normalized spacial score (nSPS) is 18.4. The van der Waals surface area contributed by atoms with Gasteiger partial charge in [-0.2, -0.15) is 0 Å². The van der Waals surface area contributed by atoms with Gasteiger partial charge in [-0.15, -0.1) is 11.3 Å². The third kappa shape index (κ3) is 3.83. The highest BCUT2D eigenvalue weighted by molar-refractivity contribution is 7.17. The number of nitrogens with zero attached hydrogens (tertiary/aromatic N) is 2. The third-order valence-electron chi connectivity index (χ3n) is 5.39. The van der Waals surface area contributed by atoms with Gasteiger partial charge in [0.15, 0.2) is 0 Å². The summed E-state index contributed by atoms with van der Waals surface area (Å²) in [6.45, 7) is 5.82. The minimum atomic E-state index is 0.00217. The smallest absolute Gasteiger partial charge is 0.225 e. The van der Waals surface area contributed by atoms with E-state index in [1.54, 1.807) is 11.3 Å². The molecule has 1 aliphatic heterocycles. The molecule has 0 bridgehead atoms. The lowest BCUT2D eigenvalue weighted by Gasteiger charge is -2.33. The first-order chi connectivity index (χ1) is 13.1. The molecule has 2 aromatic heterocycles. The van der Waals surface area contributed by atoms with E-state index in [1.165, 1.54) is 15.6 Å². The van der Waals surface area contributed by atoms with Crippen LogP contribution >= 0.6 is 11.3 Å². The molecule has 5 heteroatoms. The van der Waals surface area contributed by atoms with Gasteiger partial charge in [0.25, 0.3) is 0 Å². The molecule has 0 aliphatic carbocycles. The number of aryl methyl sites for hydroxylation is 1. The maximum Gasteiger partial charge on any atom is 0.225 e. The van der Waals surface area contributed by atoms with E-state index in [4.69, 9.17) is 0 Å². The van der Waals surface area contributed by atoms with Crippen LogP contribution in [0.25, 0.3) is 10.1 Å². The summed E-state index contributed by atoms with van der Waals surface area (Å²) in [5.74, 6) is 1.16. The van der Waals surface area contributed by atoms with Gasteiger partial charge in [-0.3, -0.25) is 4.79 Å². The molecule has 1 fully saturated rings. The molecular formula is C22H25N3OS. The van der Waals surface area contributed by atoms with Crippen molar-refractivity contribution in [3.05, 3.63) is 59.1 Å². The Morgan fingerprint density at radius 3 is 2.89 bits per heavy atom. The molecule has 0 saturated carbocycles. The van der Waals surface area contributed by atoms with E-state index in [0.29, 0.717) is 0 Å². The Bertz CT molecular complexity index is 934. The van der Waals surface area contributed by atoms with E-state index in [0.717, 1.165) is 37.3 Å². The van der Waals surface area contributed by atoms with E-state index in [2.05, 4.69) is 70.8 Å². The van der Waals surface area contributed by atoms with Crippen LogP contribution < -0.4 is 10.2 Å². The summed E-state index contributed by atoms with van der Waals surface area (Å²) < 4.78 is 1.25. The van der Waals surface area contributed by atoms with E-state index in [9.17, 15) is 4.79 Å². The largest absolute Gasteiger partial charge is 0.355 e. The fraction of sp³-hybridized carbons (Fsp3) is 0.364. The first-order valence-corrected chi connectivity index (χ1v) is 10.4. The minimum absolute atomic E-state index is 0.00217. The maximum atomic E-state index is 12.9. The predicted molar refractivity (Wildman–Crippen MR) is 112 cm³/mol. The van der Waals surface area contributed by atoms with Crippen molar-refractivity contribution in [2.24, 2.45) is 5.92 Å². The van der Waals surface area contributed by atoms with Gasteiger partial charge in [0, 0.05) is 29.4 Å². The molecule has 140 valence electrons. The van der Waals surface area contributed by atoms with Crippen molar-refractivity contribution >= 4 is 33.1 Å². The van der Waals surface area contributed by atoms with Crippen molar-refractivity contribution in [2.45, 2.75) is 32.7 Å². The topological polar surface area (TPSA) is 45.2 Å². The molecular weight excluding hydrogens is 354 g/mol. The number of carbonyl (C=O) groups excluding carboxylic acids is 1. The van der Waals surface area contributed by atoms with Crippen LogP contribution in [0.4, 0.5) is 5.82 Å². The van der Waals surface area contributed by atoms with Crippen molar-refractivity contribution in [3.63, 3.8) is 0 Å². The summed E-state index contributed by atoms with van der Waals surface area (Å²) in [6, 6.07) is 12.6. The van der Waals surface area contributed by atoms with Crippen LogP contribution in [0.5, 0.6) is 0 Å². The molecule has 2 atom stereocenters. The molecule has 0 radical (unpaired) electrons. The Balaban J connectivity index is 1.45. The van der Waals surface area contributed by atoms with Crippen LogP contribution in [0, 0.1) is 12.8 Å². The Labute approximate surface area is 164 Å². The molecule has 1 N–H and O–H groups in total. The van der Waals surface area contributed by atoms with E-state index < -0.39 is 0 Å². The number of fused-ring (bicyclic) bond motifs is 1. The number of nitrogens with one attached hydrogen (secondary N) is 1. The lowest BCUT2D eigenvalue weighted by molar-refractivity contribution is -0.125. The monoisotopic (exact) mass is 379 g/mol. The zero-order chi connectivity index (χ0) is 18.8. The van der Waals surface area contributed by atoms with Gasteiger partial charge in [0.05, 0.1) is 12.0 Å². The molecule has 1 aliphatic rings. The number of anilines is 1. The second kappa shape index (κ2) is 7.69. The zero-order valence-electron chi connectivity index (χ0n) is 15.8. The molecule has 27 heavy (non-hydrogen) atoms. The highest BCUT2D eigenvalue weighted by atomic mass is 32.1. The van der Waals surface area contributed by atoms with Gasteiger partial charge < -0.3 is 10.2 Å². The van der Waals surface area contributed by atoms with Crippen molar-refractivity contribution in [1.82, 2.24) is 10.3 Å². The van der Waals surface area contributed by atoms with Crippen molar-refractivity contribution in [2.75, 3.05) is 18.0 Å². The molecule has 3 aromatic rings. The molecule has 4 nitrogen and oxygen atoms in total. The van der Waals surface area contributed by atoms with Crippen molar-refractivity contribution < 1.29 is 4.79 Å². The SMILES string of the molecule is Cc1ccc(C(C)NC(=O)C2CCCN(c3nccc4sccc34)C2)cc1. The van der Waals surface area contributed by atoms with E-state index >= 15 is 0 Å². The van der Waals surface area contributed by atoms with Gasteiger partial charge in [-0.05, 0) is 49.8 Å². The highest BCUT2D eigenvalue weighted by Gasteiger charge is 2.28. The molecule has 2 unspecified atom stereocenters. The lowest BCUT2D eigenvalue weighted by Crippen LogP contribution is -2.44. The summed E-state index contributed by atoms with van der Waals surface area (Å²) in [7, 11) is 0. The number of piperidine rings is 1. The van der Waals surface area contributed by atoms with Crippen molar-refractivity contribution in [3.8, 4) is 0 Å². The molecule has 1 aromatic carbocycles. The van der Waals surface area contributed by atoms with Crippen LogP contribution in [-0.2, 0) is 4.79 Å². The number of pyridine rings is 1. The van der Waals surface area contributed by atoms with Gasteiger partial charge in [0.1, 0.15) is 5.82 Å². The van der Waals surface area contributed by atoms with Crippen LogP contribution in [0.3, 0.4) is 0 Å². The summed E-state index contributed by atoms with van der Waals surface area (Å²) >= 11 is 1.73. The molecule has 1 saturated heterocycles. The average Bonchev–Trinajstić information content (AvgIpc) is 3.17. The number of amides is 1. The number of carbonyl (C=O) groups is 1. The number of rotatable bonds is 4. The minimum Gasteiger partial charge on any atom is -0.355 e. The second-order valence-electron chi connectivity index (χ2n) is 7.39. The zero-order valence-corrected chi connectivity index (χ0v) is 16.6. The van der Waals surface area contributed by atoms with Gasteiger partial charge in [-0.1, -0.05) is 29.8 Å². The first kappa shape index (κ1) is 18.0. The molecule has 1 amide bonds. The maximum absolute atomic E-state index is 12.9. The molecule has 4 rings (SSSR count). The molecule has 3 heterocycles. The van der Waals surface area contributed by atoms with Gasteiger partial charge in [0.2, 0.25) is 5.91 Å². The Morgan fingerprint density at radius 2 is 2.07 bits per heavy atom. The fourth-order valence-corrected chi connectivity index (χ4v) is 4.56. The Hall–Kier alpha value is -2.40. The first-order valence-electron chi connectivity index (χ1n) is 9.56. The van der Waals surface area contributed by atoms with E-state index in [1.807, 2.05) is 6.20 Å². The summed E-state index contributed by atoms with van der Waals surface area (Å²) in [6.07, 6.45) is 3.82. The Morgan fingerprint density at radius 1 is 1.26 bits per heavy atom. The van der Waals surface area contributed by atoms with Crippen LogP contribution in [-0.4, -0.2) is 24.0 Å². The number of thiophene rings is 1. The Kier molecular flexibility index (Phi) is 5.12. The van der Waals surface area contributed by atoms with Crippen LogP contribution in [0.2, 0.25) is 0 Å². The van der Waals surface area contributed by atoms with E-state index in [-0.39, 0.29) is 17.9 Å². The third-order valence-corrected chi connectivity index (χ3v) is 6.27. The summed E-state index contributed by atoms with van der Waals surface area (Å²) in [5, 5.41) is 6.50. The van der Waals surface area contributed by atoms with Gasteiger partial charge >= 0.3 is 0 Å². The standard InChI is InChI=1S/C22H25N3OS/c1-15-5-7-17(8-6-15)16(2)24-22(26)18-4-3-12-25(14-18)21-19-10-13-27-20(19)9-11-23-21/h5-11,13,16,18H,3-4,12,14H2,1-2H3,(H,24,26). The average molecular weight is 380 g/mol. The fourth-order valence-electron chi connectivity index (χ4n) is 3.79.